The molecule has 0 saturated carbocycles. The number of hydrogen-bond donors (Lipinski definition) is 0. The summed E-state index contributed by atoms with van der Waals surface area (Å²) in [6, 6.07) is 10.2. The molecule has 24 heavy (non-hydrogen) atoms. The highest BCUT2D eigenvalue weighted by atomic mass is 32.1. The zero-order valence-corrected chi connectivity index (χ0v) is 14.6. The van der Waals surface area contributed by atoms with Crippen LogP contribution in [0.1, 0.15) is 35.8 Å². The second-order valence-corrected chi connectivity index (χ2v) is 6.56. The molecule has 0 aliphatic carbocycles. The largest absolute Gasteiger partial charge is 0.461 e. The zero-order valence-electron chi connectivity index (χ0n) is 13.8. The second kappa shape index (κ2) is 8.26. The monoisotopic (exact) mass is 346 g/mol. The highest BCUT2D eigenvalue weighted by Crippen LogP contribution is 2.25. The molecule has 0 unspecified atom stereocenters. The number of piperidine rings is 1. The van der Waals surface area contributed by atoms with E-state index in [2.05, 4.69) is 22.0 Å². The van der Waals surface area contributed by atoms with Crippen LogP contribution in [0.5, 0.6) is 0 Å². The Labute approximate surface area is 146 Å². The Morgan fingerprint density at radius 3 is 2.75 bits per heavy atom. The number of carbonyl (C=O) groups excluding carboxylic acids is 1. The van der Waals surface area contributed by atoms with Gasteiger partial charge in [-0.15, -0.1) is 11.3 Å². The SMILES string of the molecule is CCOC(=O)c1csc(N2CCC(OCc3ccccc3)CC2)n1. The van der Waals surface area contributed by atoms with E-state index in [9.17, 15) is 4.79 Å². The Hall–Kier alpha value is -1.92. The standard InChI is InChI=1S/C18H22N2O3S/c1-2-22-17(21)16-13-24-18(19-16)20-10-8-15(9-11-20)23-12-14-6-4-3-5-7-14/h3-7,13,15H,2,8-12H2,1H3. The summed E-state index contributed by atoms with van der Waals surface area (Å²) >= 11 is 1.49. The van der Waals surface area contributed by atoms with Crippen LogP contribution in [0.15, 0.2) is 35.7 Å². The summed E-state index contributed by atoms with van der Waals surface area (Å²) in [4.78, 5) is 18.3. The molecule has 5 nitrogen and oxygen atoms in total. The molecule has 0 spiro atoms. The van der Waals surface area contributed by atoms with E-state index in [0.29, 0.717) is 18.9 Å². The molecule has 1 aromatic heterocycles. The van der Waals surface area contributed by atoms with Crippen LogP contribution in [0.25, 0.3) is 0 Å². The molecule has 2 heterocycles. The lowest BCUT2D eigenvalue weighted by atomic mass is 10.1. The maximum Gasteiger partial charge on any atom is 0.357 e. The third-order valence-electron chi connectivity index (χ3n) is 4.02. The fourth-order valence-electron chi connectivity index (χ4n) is 2.71. The summed E-state index contributed by atoms with van der Waals surface area (Å²) in [7, 11) is 0. The molecule has 1 saturated heterocycles. The van der Waals surface area contributed by atoms with Crippen molar-refractivity contribution in [2.75, 3.05) is 24.6 Å². The lowest BCUT2D eigenvalue weighted by molar-refractivity contribution is 0.0251. The van der Waals surface area contributed by atoms with Crippen molar-refractivity contribution in [3.05, 3.63) is 47.0 Å². The third kappa shape index (κ3) is 4.33. The van der Waals surface area contributed by atoms with E-state index in [1.54, 1.807) is 12.3 Å². The van der Waals surface area contributed by atoms with Gasteiger partial charge in [-0.2, -0.15) is 0 Å². The maximum atomic E-state index is 11.7. The van der Waals surface area contributed by atoms with Gasteiger partial charge in [-0.1, -0.05) is 30.3 Å². The van der Waals surface area contributed by atoms with E-state index in [-0.39, 0.29) is 12.1 Å². The first-order valence-electron chi connectivity index (χ1n) is 8.29. The van der Waals surface area contributed by atoms with Crippen molar-refractivity contribution in [3.8, 4) is 0 Å². The van der Waals surface area contributed by atoms with Crippen molar-refractivity contribution in [3.63, 3.8) is 0 Å². The number of anilines is 1. The van der Waals surface area contributed by atoms with Gasteiger partial charge in [-0.3, -0.25) is 0 Å². The van der Waals surface area contributed by atoms with Gasteiger partial charge in [0.2, 0.25) is 0 Å². The summed E-state index contributed by atoms with van der Waals surface area (Å²) in [6.07, 6.45) is 2.23. The quantitative estimate of drug-likeness (QED) is 0.749. The summed E-state index contributed by atoms with van der Waals surface area (Å²) in [6.45, 7) is 4.63. The van der Waals surface area contributed by atoms with Gasteiger partial charge in [-0.05, 0) is 25.3 Å². The van der Waals surface area contributed by atoms with Gasteiger partial charge in [-0.25, -0.2) is 9.78 Å². The molecule has 0 bridgehead atoms. The van der Waals surface area contributed by atoms with E-state index >= 15 is 0 Å². The van der Waals surface area contributed by atoms with Crippen LogP contribution in [-0.2, 0) is 16.1 Å². The first-order chi connectivity index (χ1) is 11.8. The Morgan fingerprint density at radius 1 is 1.29 bits per heavy atom. The number of benzene rings is 1. The predicted octanol–water partition coefficient (Wildman–Crippen LogP) is 3.51. The van der Waals surface area contributed by atoms with Gasteiger partial charge in [0.15, 0.2) is 10.8 Å². The number of hydrogen-bond acceptors (Lipinski definition) is 6. The van der Waals surface area contributed by atoms with Gasteiger partial charge >= 0.3 is 5.97 Å². The first kappa shape index (κ1) is 16.9. The van der Waals surface area contributed by atoms with Gasteiger partial charge < -0.3 is 14.4 Å². The van der Waals surface area contributed by atoms with Crippen LogP contribution >= 0.6 is 11.3 Å². The van der Waals surface area contributed by atoms with E-state index in [4.69, 9.17) is 9.47 Å². The van der Waals surface area contributed by atoms with Gasteiger partial charge in [0.25, 0.3) is 0 Å². The minimum Gasteiger partial charge on any atom is -0.461 e. The van der Waals surface area contributed by atoms with Gasteiger partial charge in [0, 0.05) is 18.5 Å². The minimum atomic E-state index is -0.346. The third-order valence-corrected chi connectivity index (χ3v) is 4.92. The average molecular weight is 346 g/mol. The molecule has 0 radical (unpaired) electrons. The van der Waals surface area contributed by atoms with Crippen molar-refractivity contribution in [1.82, 2.24) is 4.98 Å². The van der Waals surface area contributed by atoms with Crippen molar-refractivity contribution >= 4 is 22.4 Å². The summed E-state index contributed by atoms with van der Waals surface area (Å²) in [5, 5.41) is 2.66. The number of ether oxygens (including phenoxy) is 2. The zero-order chi connectivity index (χ0) is 16.8. The fourth-order valence-corrected chi connectivity index (χ4v) is 3.56. The molecule has 1 aromatic carbocycles. The van der Waals surface area contributed by atoms with Crippen LogP contribution in [0.4, 0.5) is 5.13 Å². The van der Waals surface area contributed by atoms with Gasteiger partial charge in [0.05, 0.1) is 19.3 Å². The molecule has 1 aliphatic rings. The van der Waals surface area contributed by atoms with Crippen LogP contribution in [0, 0.1) is 0 Å². The predicted molar refractivity (Wildman–Crippen MR) is 94.5 cm³/mol. The van der Waals surface area contributed by atoms with E-state index in [1.807, 2.05) is 18.2 Å². The molecule has 0 amide bonds. The number of nitrogens with zero attached hydrogens (tertiary/aromatic N) is 2. The molecule has 2 aromatic rings. The van der Waals surface area contributed by atoms with Crippen molar-refractivity contribution in [2.24, 2.45) is 0 Å². The number of esters is 1. The fraction of sp³-hybridized carbons (Fsp3) is 0.444. The number of thiazole rings is 1. The van der Waals surface area contributed by atoms with Gasteiger partial charge in [0.1, 0.15) is 0 Å². The smallest absolute Gasteiger partial charge is 0.357 e. The molecule has 1 fully saturated rings. The van der Waals surface area contributed by atoms with Crippen LogP contribution in [-0.4, -0.2) is 36.8 Å². The lowest BCUT2D eigenvalue weighted by Gasteiger charge is -2.31. The normalized spacial score (nSPS) is 15.5. The second-order valence-electron chi connectivity index (χ2n) is 5.72. The molecule has 3 rings (SSSR count). The maximum absolute atomic E-state index is 11.7. The average Bonchev–Trinajstić information content (AvgIpc) is 3.12. The Kier molecular flexibility index (Phi) is 5.82. The summed E-state index contributed by atoms with van der Waals surface area (Å²) < 4.78 is 11.0. The number of rotatable bonds is 6. The summed E-state index contributed by atoms with van der Waals surface area (Å²) in [5.41, 5.74) is 1.61. The van der Waals surface area contributed by atoms with Crippen molar-refractivity contribution in [1.29, 1.82) is 0 Å². The Morgan fingerprint density at radius 2 is 2.04 bits per heavy atom. The molecule has 0 atom stereocenters. The molecule has 0 N–H and O–H groups in total. The summed E-state index contributed by atoms with van der Waals surface area (Å²) in [5.74, 6) is -0.346. The Balaban J connectivity index is 1.47. The van der Waals surface area contributed by atoms with E-state index in [1.165, 1.54) is 16.9 Å². The topological polar surface area (TPSA) is 51.7 Å². The van der Waals surface area contributed by atoms with Crippen LogP contribution in [0.3, 0.4) is 0 Å². The molecular weight excluding hydrogens is 324 g/mol. The van der Waals surface area contributed by atoms with Crippen molar-refractivity contribution < 1.29 is 14.3 Å². The minimum absolute atomic E-state index is 0.283. The van der Waals surface area contributed by atoms with Crippen LogP contribution < -0.4 is 4.90 Å². The Bertz CT molecular complexity index is 651. The van der Waals surface area contributed by atoms with Crippen LogP contribution in [0.2, 0.25) is 0 Å². The first-order valence-corrected chi connectivity index (χ1v) is 9.17. The number of aromatic nitrogens is 1. The number of carbonyl (C=O) groups is 1. The van der Waals surface area contributed by atoms with E-state index < -0.39 is 0 Å². The highest BCUT2D eigenvalue weighted by Gasteiger charge is 2.23. The molecule has 6 heteroatoms. The van der Waals surface area contributed by atoms with Crippen molar-refractivity contribution in [2.45, 2.75) is 32.5 Å². The molecule has 1 aliphatic heterocycles. The van der Waals surface area contributed by atoms with E-state index in [0.717, 1.165) is 31.1 Å². The highest BCUT2D eigenvalue weighted by molar-refractivity contribution is 7.13. The molecule has 128 valence electrons. The lowest BCUT2D eigenvalue weighted by Crippen LogP contribution is -2.37. The molecular formula is C18H22N2O3S.